The number of nitrogens with two attached hydrogens (primary N) is 2. The van der Waals surface area contributed by atoms with Crippen molar-refractivity contribution in [3.8, 4) is 0 Å². The lowest BCUT2D eigenvalue weighted by Gasteiger charge is -2.01. The van der Waals surface area contributed by atoms with Gasteiger partial charge in [0.2, 0.25) is 0 Å². The number of anilines is 1. The van der Waals surface area contributed by atoms with E-state index in [4.69, 9.17) is 23.8 Å². The largest absolute Gasteiger partial charge is 0.384 e. The summed E-state index contributed by atoms with van der Waals surface area (Å²) in [5.41, 5.74) is 6.20. The van der Waals surface area contributed by atoms with E-state index in [1.165, 1.54) is 11.0 Å². The number of pyridine rings is 1. The van der Waals surface area contributed by atoms with Gasteiger partial charge in [0, 0.05) is 12.3 Å². The summed E-state index contributed by atoms with van der Waals surface area (Å²) in [4.78, 5) is 7.97. The van der Waals surface area contributed by atoms with Crippen molar-refractivity contribution < 1.29 is 0 Å². The smallest absolute Gasteiger partial charge is 0.137 e. The summed E-state index contributed by atoms with van der Waals surface area (Å²) in [5.74, 6) is 5.94. The Labute approximate surface area is 79.0 Å². The third-order valence-electron chi connectivity index (χ3n) is 1.69. The number of nitrogens with zero attached hydrogens (tertiary/aromatic N) is 3. The monoisotopic (exact) mass is 193 g/mol. The molecule has 0 bridgehead atoms. The quantitative estimate of drug-likeness (QED) is 0.469. The molecular formula is C7H7N5S. The molecule has 0 fully saturated rings. The summed E-state index contributed by atoms with van der Waals surface area (Å²) in [5, 5.41) is 0.731. The summed E-state index contributed by atoms with van der Waals surface area (Å²) in [6.45, 7) is 0. The van der Waals surface area contributed by atoms with E-state index in [0.29, 0.717) is 16.0 Å². The maximum atomic E-state index is 5.51. The normalized spacial score (nSPS) is 10.5. The van der Waals surface area contributed by atoms with Crippen LogP contribution in [0.2, 0.25) is 0 Å². The van der Waals surface area contributed by atoms with Crippen LogP contribution in [0.3, 0.4) is 0 Å². The first-order valence-corrected chi connectivity index (χ1v) is 3.97. The Hall–Kier alpha value is -1.69. The molecule has 4 N–H and O–H groups in total. The Balaban J connectivity index is 2.95. The molecule has 0 aliphatic rings. The second-order valence-electron chi connectivity index (χ2n) is 2.58. The van der Waals surface area contributed by atoms with Crippen molar-refractivity contribution in [3.05, 3.63) is 23.2 Å². The fraction of sp³-hybridized carbons (Fsp3) is 0. The van der Waals surface area contributed by atoms with Crippen LogP contribution in [0.25, 0.3) is 10.9 Å². The number of hydrogen-bond donors (Lipinski definition) is 2. The molecule has 0 aliphatic heterocycles. The van der Waals surface area contributed by atoms with E-state index in [1.807, 2.05) is 0 Å². The number of nitrogen functional groups attached to an aromatic ring is 2. The van der Waals surface area contributed by atoms with Gasteiger partial charge in [-0.3, -0.25) is 0 Å². The lowest BCUT2D eigenvalue weighted by molar-refractivity contribution is 0.939. The van der Waals surface area contributed by atoms with Gasteiger partial charge in [0.1, 0.15) is 16.8 Å². The molecule has 2 heterocycles. The standard InChI is InChI=1S/C7H7N5S/c8-6-1-5-4(2-10-6)7(13)12(9)3-11-5/h1-3H,9H2,(H2,8,10). The van der Waals surface area contributed by atoms with Crippen LogP contribution in [-0.4, -0.2) is 14.6 Å². The number of fused-ring (bicyclic) bond motifs is 1. The highest BCUT2D eigenvalue weighted by Crippen LogP contribution is 2.12. The molecule has 2 aromatic rings. The Morgan fingerprint density at radius 3 is 2.92 bits per heavy atom. The first-order chi connectivity index (χ1) is 6.18. The number of aromatic nitrogens is 3. The van der Waals surface area contributed by atoms with E-state index in [9.17, 15) is 0 Å². The van der Waals surface area contributed by atoms with Crippen molar-refractivity contribution in [2.24, 2.45) is 0 Å². The molecule has 6 heteroatoms. The maximum absolute atomic E-state index is 5.51. The molecule has 5 nitrogen and oxygen atoms in total. The van der Waals surface area contributed by atoms with Gasteiger partial charge in [-0.1, -0.05) is 12.2 Å². The predicted octanol–water partition coefficient (Wildman–Crippen LogP) is 0.457. The van der Waals surface area contributed by atoms with Gasteiger partial charge in [0.15, 0.2) is 0 Å². The van der Waals surface area contributed by atoms with E-state index in [1.54, 1.807) is 12.3 Å². The lowest BCUT2D eigenvalue weighted by Crippen LogP contribution is -2.10. The fourth-order valence-electron chi connectivity index (χ4n) is 1.05. The minimum Gasteiger partial charge on any atom is -0.384 e. The SMILES string of the molecule is Nc1cc2ncn(N)c(=S)c2cn1. The van der Waals surface area contributed by atoms with Crippen LogP contribution in [0.5, 0.6) is 0 Å². The van der Waals surface area contributed by atoms with Gasteiger partial charge in [-0.2, -0.15) is 0 Å². The second-order valence-corrected chi connectivity index (χ2v) is 2.97. The maximum Gasteiger partial charge on any atom is 0.137 e. The number of hydrogen-bond acceptors (Lipinski definition) is 5. The third kappa shape index (κ3) is 1.20. The van der Waals surface area contributed by atoms with Gasteiger partial charge in [-0.15, -0.1) is 0 Å². The second kappa shape index (κ2) is 2.67. The van der Waals surface area contributed by atoms with Crippen LogP contribution < -0.4 is 11.6 Å². The van der Waals surface area contributed by atoms with Gasteiger partial charge in [0.05, 0.1) is 10.9 Å². The van der Waals surface area contributed by atoms with Crippen molar-refractivity contribution in [1.29, 1.82) is 0 Å². The Morgan fingerprint density at radius 1 is 1.38 bits per heavy atom. The van der Waals surface area contributed by atoms with Crippen molar-refractivity contribution >= 4 is 28.9 Å². The van der Waals surface area contributed by atoms with Crippen molar-refractivity contribution in [2.45, 2.75) is 0 Å². The Bertz CT molecular complexity index is 518. The third-order valence-corrected chi connectivity index (χ3v) is 2.12. The van der Waals surface area contributed by atoms with E-state index >= 15 is 0 Å². The minimum atomic E-state index is 0.421. The van der Waals surface area contributed by atoms with Gasteiger partial charge in [-0.25, -0.2) is 14.6 Å². The molecule has 13 heavy (non-hydrogen) atoms. The van der Waals surface area contributed by atoms with Gasteiger partial charge >= 0.3 is 0 Å². The van der Waals surface area contributed by atoms with Crippen molar-refractivity contribution in [3.63, 3.8) is 0 Å². The highest BCUT2D eigenvalue weighted by molar-refractivity contribution is 7.71. The van der Waals surface area contributed by atoms with Crippen LogP contribution in [-0.2, 0) is 0 Å². The molecule has 0 spiro atoms. The van der Waals surface area contributed by atoms with E-state index in [2.05, 4.69) is 9.97 Å². The molecule has 0 aromatic carbocycles. The highest BCUT2D eigenvalue weighted by atomic mass is 32.1. The molecule has 0 aliphatic carbocycles. The molecule has 0 saturated carbocycles. The Kier molecular flexibility index (Phi) is 1.63. The van der Waals surface area contributed by atoms with Crippen LogP contribution in [0.4, 0.5) is 5.82 Å². The summed E-state index contributed by atoms with van der Waals surface area (Å²) in [6, 6.07) is 1.66. The summed E-state index contributed by atoms with van der Waals surface area (Å²) >= 11 is 5.06. The highest BCUT2D eigenvalue weighted by Gasteiger charge is 1.99. The molecule has 2 rings (SSSR count). The lowest BCUT2D eigenvalue weighted by atomic mass is 10.3. The molecule has 66 valence electrons. The average molecular weight is 193 g/mol. The molecule has 0 amide bonds. The Morgan fingerprint density at radius 2 is 2.15 bits per heavy atom. The fourth-order valence-corrected chi connectivity index (χ4v) is 1.25. The van der Waals surface area contributed by atoms with E-state index < -0.39 is 0 Å². The molecule has 0 radical (unpaired) electrons. The van der Waals surface area contributed by atoms with Gasteiger partial charge < -0.3 is 11.6 Å². The number of rotatable bonds is 0. The predicted molar refractivity (Wildman–Crippen MR) is 52.9 cm³/mol. The molecule has 0 unspecified atom stereocenters. The zero-order valence-electron chi connectivity index (χ0n) is 6.64. The average Bonchev–Trinajstić information content (AvgIpc) is 2.12. The molecule has 0 atom stereocenters. The van der Waals surface area contributed by atoms with Crippen LogP contribution in [0, 0.1) is 4.64 Å². The first-order valence-electron chi connectivity index (χ1n) is 3.56. The van der Waals surface area contributed by atoms with E-state index in [0.717, 1.165) is 5.39 Å². The summed E-state index contributed by atoms with van der Waals surface area (Å²) in [6.07, 6.45) is 3.02. The molecule has 0 saturated heterocycles. The summed E-state index contributed by atoms with van der Waals surface area (Å²) in [7, 11) is 0. The topological polar surface area (TPSA) is 82.8 Å². The minimum absolute atomic E-state index is 0.421. The zero-order chi connectivity index (χ0) is 9.42. The van der Waals surface area contributed by atoms with Crippen LogP contribution in [0.1, 0.15) is 0 Å². The van der Waals surface area contributed by atoms with Crippen molar-refractivity contribution in [1.82, 2.24) is 14.6 Å². The van der Waals surface area contributed by atoms with Crippen LogP contribution >= 0.6 is 12.2 Å². The summed E-state index contributed by atoms with van der Waals surface area (Å²) < 4.78 is 1.77. The first kappa shape index (κ1) is 7.93. The van der Waals surface area contributed by atoms with Gasteiger partial charge in [-0.05, 0) is 0 Å². The van der Waals surface area contributed by atoms with E-state index in [-0.39, 0.29) is 0 Å². The molecule has 2 aromatic heterocycles. The zero-order valence-corrected chi connectivity index (χ0v) is 7.45. The molecular weight excluding hydrogens is 186 g/mol. The van der Waals surface area contributed by atoms with Crippen molar-refractivity contribution in [2.75, 3.05) is 11.6 Å². The van der Waals surface area contributed by atoms with Crippen LogP contribution in [0.15, 0.2) is 18.6 Å². The van der Waals surface area contributed by atoms with Gasteiger partial charge in [0.25, 0.3) is 0 Å².